The summed E-state index contributed by atoms with van der Waals surface area (Å²) in [6.45, 7) is 5.08. The van der Waals surface area contributed by atoms with E-state index in [0.29, 0.717) is 19.5 Å². The molecule has 1 fully saturated rings. The number of benzene rings is 2. The monoisotopic (exact) mass is 376 g/mol. The van der Waals surface area contributed by atoms with Crippen LogP contribution < -0.4 is 0 Å². The average Bonchev–Trinajstić information content (AvgIpc) is 3.24. The van der Waals surface area contributed by atoms with Gasteiger partial charge in [0, 0.05) is 26.1 Å². The van der Waals surface area contributed by atoms with Gasteiger partial charge in [-0.2, -0.15) is 0 Å². The van der Waals surface area contributed by atoms with Gasteiger partial charge in [0.15, 0.2) is 0 Å². The molecule has 28 heavy (non-hydrogen) atoms. The highest BCUT2D eigenvalue weighted by atomic mass is 16.6. The first-order valence-electron chi connectivity index (χ1n) is 9.59. The van der Waals surface area contributed by atoms with E-state index in [-0.39, 0.29) is 18.4 Å². The van der Waals surface area contributed by atoms with E-state index in [1.165, 1.54) is 27.2 Å². The molecule has 1 unspecified atom stereocenters. The molecule has 0 N–H and O–H groups in total. The summed E-state index contributed by atoms with van der Waals surface area (Å²) in [5, 5.41) is 0. The predicted molar refractivity (Wildman–Crippen MR) is 108 cm³/mol. The fourth-order valence-corrected chi connectivity index (χ4v) is 4.24. The van der Waals surface area contributed by atoms with Crippen LogP contribution in [0.2, 0.25) is 0 Å². The lowest BCUT2D eigenvalue weighted by atomic mass is 9.98. The Balaban J connectivity index is 1.45. The van der Waals surface area contributed by atoms with Crippen molar-refractivity contribution in [1.29, 1.82) is 0 Å². The number of amides is 2. The highest BCUT2D eigenvalue weighted by molar-refractivity contribution is 5.87. The number of ether oxygens (including phenoxy) is 1. The molecule has 2 aliphatic rings. The van der Waals surface area contributed by atoms with E-state index < -0.39 is 12.1 Å². The number of hydrogen-bond donors (Lipinski definition) is 0. The maximum Gasteiger partial charge on any atom is 0.410 e. The molecule has 0 aromatic heterocycles. The van der Waals surface area contributed by atoms with E-state index in [4.69, 9.17) is 4.74 Å². The third-order valence-electron chi connectivity index (χ3n) is 5.71. The molecule has 1 atom stereocenters. The van der Waals surface area contributed by atoms with Crippen molar-refractivity contribution >= 4 is 12.0 Å². The van der Waals surface area contributed by atoms with Crippen molar-refractivity contribution in [3.63, 3.8) is 0 Å². The molecule has 0 bridgehead atoms. The Morgan fingerprint density at radius 1 is 1.18 bits per heavy atom. The van der Waals surface area contributed by atoms with Crippen molar-refractivity contribution in [1.82, 2.24) is 9.80 Å². The molecule has 0 spiro atoms. The fraction of sp³-hybridized carbons (Fsp3) is 0.304. The van der Waals surface area contributed by atoms with Gasteiger partial charge in [0.25, 0.3) is 0 Å². The summed E-state index contributed by atoms with van der Waals surface area (Å²) < 4.78 is 5.65. The van der Waals surface area contributed by atoms with Crippen LogP contribution in [0.5, 0.6) is 0 Å². The van der Waals surface area contributed by atoms with Crippen LogP contribution in [-0.2, 0) is 9.53 Å². The molecule has 144 valence electrons. The van der Waals surface area contributed by atoms with E-state index in [0.717, 1.165) is 0 Å². The van der Waals surface area contributed by atoms with E-state index in [1.54, 1.807) is 18.0 Å². The number of hydrogen-bond acceptors (Lipinski definition) is 3. The van der Waals surface area contributed by atoms with Crippen LogP contribution in [0.15, 0.2) is 61.2 Å². The van der Waals surface area contributed by atoms with Crippen molar-refractivity contribution in [2.45, 2.75) is 18.4 Å². The molecule has 2 amide bonds. The fourth-order valence-electron chi connectivity index (χ4n) is 4.24. The number of likely N-dealkylation sites (tertiary alicyclic amines) is 1. The first-order chi connectivity index (χ1) is 13.6. The Bertz CT molecular complexity index is 878. The standard InChI is InChI=1S/C23H24N2O3/c1-3-13-25-14-12-21(22(25)26)24(2)23(27)28-15-20-18-10-6-4-8-16(18)17-9-5-7-11-19(17)20/h3-11,20-21H,1,12-15H2,2H3. The number of rotatable bonds is 5. The summed E-state index contributed by atoms with van der Waals surface area (Å²) >= 11 is 0. The summed E-state index contributed by atoms with van der Waals surface area (Å²) in [6.07, 6.45) is 1.86. The first kappa shape index (κ1) is 18.3. The predicted octanol–water partition coefficient (Wildman–Crippen LogP) is 3.65. The maximum absolute atomic E-state index is 12.6. The molecular weight excluding hydrogens is 352 g/mol. The van der Waals surface area contributed by atoms with E-state index in [9.17, 15) is 9.59 Å². The molecule has 1 aliphatic heterocycles. The van der Waals surface area contributed by atoms with Crippen molar-refractivity contribution in [2.24, 2.45) is 0 Å². The number of carbonyl (C=O) groups excluding carboxylic acids is 2. The highest BCUT2D eigenvalue weighted by Gasteiger charge is 2.37. The molecule has 2 aromatic rings. The zero-order chi connectivity index (χ0) is 19.7. The molecule has 0 saturated carbocycles. The summed E-state index contributed by atoms with van der Waals surface area (Å²) in [5.74, 6) is -0.0304. The number of fused-ring (bicyclic) bond motifs is 3. The molecule has 2 aromatic carbocycles. The lowest BCUT2D eigenvalue weighted by molar-refractivity contribution is -0.131. The second kappa shape index (κ2) is 7.50. The van der Waals surface area contributed by atoms with Crippen LogP contribution in [0.25, 0.3) is 11.1 Å². The SMILES string of the molecule is C=CCN1CCC(N(C)C(=O)OCC2c3ccccc3-c3ccccc32)C1=O. The number of carbonyl (C=O) groups is 2. The minimum absolute atomic E-state index is 0.0151. The maximum atomic E-state index is 12.6. The van der Waals surface area contributed by atoms with Crippen LogP contribution in [-0.4, -0.2) is 54.6 Å². The Kier molecular flexibility index (Phi) is 4.90. The molecule has 1 heterocycles. The van der Waals surface area contributed by atoms with Gasteiger partial charge in [-0.1, -0.05) is 54.6 Å². The minimum atomic E-state index is -0.462. The summed E-state index contributed by atoms with van der Waals surface area (Å²) in [6, 6.07) is 16.0. The minimum Gasteiger partial charge on any atom is -0.448 e. The molecule has 1 saturated heterocycles. The second-order valence-electron chi connectivity index (χ2n) is 7.29. The summed E-state index contributed by atoms with van der Waals surface area (Å²) in [7, 11) is 1.64. The van der Waals surface area contributed by atoms with Gasteiger partial charge in [-0.3, -0.25) is 9.69 Å². The van der Waals surface area contributed by atoms with E-state index >= 15 is 0 Å². The Morgan fingerprint density at radius 3 is 2.39 bits per heavy atom. The smallest absolute Gasteiger partial charge is 0.410 e. The van der Waals surface area contributed by atoms with Gasteiger partial charge < -0.3 is 9.64 Å². The zero-order valence-corrected chi connectivity index (χ0v) is 16.0. The van der Waals surface area contributed by atoms with E-state index in [2.05, 4.69) is 30.8 Å². The molecule has 0 radical (unpaired) electrons. The van der Waals surface area contributed by atoms with Gasteiger partial charge in [0.2, 0.25) is 5.91 Å². The largest absolute Gasteiger partial charge is 0.448 e. The van der Waals surface area contributed by atoms with Gasteiger partial charge in [0.05, 0.1) is 0 Å². The van der Waals surface area contributed by atoms with Crippen molar-refractivity contribution < 1.29 is 14.3 Å². The Labute approximate surface area is 165 Å². The Hall–Kier alpha value is -3.08. The lowest BCUT2D eigenvalue weighted by Gasteiger charge is -2.24. The van der Waals surface area contributed by atoms with Crippen LogP contribution in [0.4, 0.5) is 4.79 Å². The average molecular weight is 376 g/mol. The van der Waals surface area contributed by atoms with Crippen LogP contribution in [0, 0.1) is 0 Å². The normalized spacial score (nSPS) is 18.0. The molecule has 5 nitrogen and oxygen atoms in total. The van der Waals surface area contributed by atoms with Gasteiger partial charge >= 0.3 is 6.09 Å². The first-order valence-corrected chi connectivity index (χ1v) is 9.59. The molecule has 5 heteroatoms. The van der Waals surface area contributed by atoms with Gasteiger partial charge in [0.1, 0.15) is 12.6 Å². The number of likely N-dealkylation sites (N-methyl/N-ethyl adjacent to an activating group) is 1. The lowest BCUT2D eigenvalue weighted by Crippen LogP contribution is -2.43. The van der Waals surface area contributed by atoms with Crippen LogP contribution in [0.3, 0.4) is 0 Å². The van der Waals surface area contributed by atoms with Crippen molar-refractivity contribution in [3.05, 3.63) is 72.3 Å². The van der Waals surface area contributed by atoms with Gasteiger partial charge in [-0.25, -0.2) is 4.79 Å². The van der Waals surface area contributed by atoms with Crippen LogP contribution in [0.1, 0.15) is 23.5 Å². The third-order valence-corrected chi connectivity index (χ3v) is 5.71. The third kappa shape index (κ3) is 3.07. The topological polar surface area (TPSA) is 49.9 Å². The zero-order valence-electron chi connectivity index (χ0n) is 16.0. The molecular formula is C23H24N2O3. The molecule has 1 aliphatic carbocycles. The van der Waals surface area contributed by atoms with E-state index in [1.807, 2.05) is 24.3 Å². The van der Waals surface area contributed by atoms with Crippen molar-refractivity contribution in [2.75, 3.05) is 26.7 Å². The summed E-state index contributed by atoms with van der Waals surface area (Å²) in [4.78, 5) is 28.2. The number of nitrogens with zero attached hydrogens (tertiary/aromatic N) is 2. The van der Waals surface area contributed by atoms with Gasteiger partial charge in [-0.15, -0.1) is 6.58 Å². The summed E-state index contributed by atoms with van der Waals surface area (Å²) in [5.41, 5.74) is 4.73. The van der Waals surface area contributed by atoms with Crippen molar-refractivity contribution in [3.8, 4) is 11.1 Å². The van der Waals surface area contributed by atoms with Crippen LogP contribution >= 0.6 is 0 Å². The second-order valence-corrected chi connectivity index (χ2v) is 7.29. The van der Waals surface area contributed by atoms with Gasteiger partial charge in [-0.05, 0) is 28.7 Å². The Morgan fingerprint density at radius 2 is 1.79 bits per heavy atom. The molecule has 4 rings (SSSR count). The quantitative estimate of drug-likeness (QED) is 0.749. The highest BCUT2D eigenvalue weighted by Crippen LogP contribution is 2.44.